The third-order valence-electron chi connectivity index (χ3n) is 9.95. The Kier molecular flexibility index (Phi) is 8.13. The maximum absolute atomic E-state index is 14.5. The molecule has 1 spiro atoms. The molecule has 3 N–H and O–H groups in total. The summed E-state index contributed by atoms with van der Waals surface area (Å²) in [5.74, 6) is -0.366. The zero-order valence-electron chi connectivity index (χ0n) is 28.3. The lowest BCUT2D eigenvalue weighted by atomic mass is 9.80. The van der Waals surface area contributed by atoms with E-state index in [-0.39, 0.29) is 42.3 Å². The number of primary amides is 1. The normalized spacial score (nSPS) is 20.7. The Balaban J connectivity index is 1.38. The smallest absolute Gasteiger partial charge is 0.410 e. The number of aromatic nitrogens is 2. The Morgan fingerprint density at radius 2 is 1.84 bits per heavy atom. The number of piperazine rings is 1. The van der Waals surface area contributed by atoms with Crippen LogP contribution in [0.2, 0.25) is 5.02 Å². The number of nitrogens with two attached hydrogens (primary N) is 1. The number of amides is 3. The Labute approximate surface area is 295 Å². The van der Waals surface area contributed by atoms with E-state index in [1.54, 1.807) is 69.4 Å². The predicted molar refractivity (Wildman–Crippen MR) is 191 cm³/mol. The van der Waals surface area contributed by atoms with Gasteiger partial charge < -0.3 is 20.7 Å². The molecule has 3 amide bonds. The van der Waals surface area contributed by atoms with Crippen molar-refractivity contribution in [3.63, 3.8) is 0 Å². The monoisotopic (exact) mass is 718 g/mol. The summed E-state index contributed by atoms with van der Waals surface area (Å²) in [6, 6.07) is 11.8. The number of aryl methyl sites for hydroxylation is 1. The fourth-order valence-electron chi connectivity index (χ4n) is 7.48. The molecule has 2 aromatic carbocycles. The SMILES string of the molecule is Cc1ccc(S(=O)(=O)n2cc(-c3cnc4c(c3Cl)C3(CCC(C(N)=O)C3)CN4)c3cccc(N4CCN(C(=O)OC(C)(C)C)CC4=O)c32)cc1. The highest BCUT2D eigenvalue weighted by Crippen LogP contribution is 2.54. The summed E-state index contributed by atoms with van der Waals surface area (Å²) in [7, 11) is -4.19. The summed E-state index contributed by atoms with van der Waals surface area (Å²) >= 11 is 7.28. The van der Waals surface area contributed by atoms with Crippen LogP contribution < -0.4 is 16.0 Å². The molecule has 2 fully saturated rings. The number of pyridine rings is 1. The molecule has 4 heterocycles. The number of anilines is 2. The first-order valence-corrected chi connectivity index (χ1v) is 18.4. The van der Waals surface area contributed by atoms with Crippen molar-refractivity contribution in [3.8, 4) is 11.1 Å². The molecule has 2 unspecified atom stereocenters. The van der Waals surface area contributed by atoms with Gasteiger partial charge in [-0.1, -0.05) is 41.4 Å². The van der Waals surface area contributed by atoms with Crippen LogP contribution in [0.4, 0.5) is 16.3 Å². The van der Waals surface area contributed by atoms with Crippen molar-refractivity contribution in [2.75, 3.05) is 36.4 Å². The second-order valence-corrected chi connectivity index (χ2v) is 16.7. The van der Waals surface area contributed by atoms with Gasteiger partial charge >= 0.3 is 6.09 Å². The van der Waals surface area contributed by atoms with E-state index in [9.17, 15) is 22.8 Å². The highest BCUT2D eigenvalue weighted by molar-refractivity contribution is 7.90. The van der Waals surface area contributed by atoms with Crippen LogP contribution in [-0.4, -0.2) is 72.0 Å². The van der Waals surface area contributed by atoms with E-state index in [1.165, 1.54) is 20.0 Å². The van der Waals surface area contributed by atoms with E-state index in [4.69, 9.17) is 27.1 Å². The minimum atomic E-state index is -4.19. The van der Waals surface area contributed by atoms with Gasteiger partial charge in [0.15, 0.2) is 0 Å². The lowest BCUT2D eigenvalue weighted by Gasteiger charge is -2.35. The van der Waals surface area contributed by atoms with Gasteiger partial charge in [0.2, 0.25) is 11.8 Å². The van der Waals surface area contributed by atoms with Crippen molar-refractivity contribution < 1.29 is 27.5 Å². The van der Waals surface area contributed by atoms with Crippen molar-refractivity contribution in [1.29, 1.82) is 0 Å². The molecule has 262 valence electrons. The number of hydrogen-bond donors (Lipinski definition) is 2. The maximum atomic E-state index is 14.5. The number of halogens is 1. The van der Waals surface area contributed by atoms with E-state index in [0.717, 1.165) is 11.1 Å². The first-order chi connectivity index (χ1) is 23.6. The Morgan fingerprint density at radius 3 is 2.50 bits per heavy atom. The topological polar surface area (TPSA) is 157 Å². The number of nitrogens with zero attached hydrogens (tertiary/aromatic N) is 4. The van der Waals surface area contributed by atoms with Gasteiger partial charge in [-0.15, -0.1) is 0 Å². The first kappa shape index (κ1) is 33.9. The standard InChI is InChI=1S/C36H39ClN6O6S/c1-21-8-10-23(11-9-21)50(47,48)43-18-26(25-17-39-33-29(30(25)37)36(20-40-33)13-12-22(16-36)32(38)45)24-6-5-7-27(31(24)43)42-15-14-41(19-28(42)44)34(46)49-35(2,3)4/h5-11,17-18,22H,12-16,19-20H2,1-4H3,(H2,38,45)(H,39,40). The third-order valence-corrected chi connectivity index (χ3v) is 12.0. The lowest BCUT2D eigenvalue weighted by Crippen LogP contribution is -2.53. The average molecular weight is 719 g/mol. The summed E-state index contributed by atoms with van der Waals surface area (Å²) in [6.45, 7) is 7.80. The number of nitrogens with one attached hydrogen (secondary N) is 1. The number of rotatable bonds is 5. The summed E-state index contributed by atoms with van der Waals surface area (Å²) in [5.41, 5.74) is 7.95. The van der Waals surface area contributed by atoms with Crippen molar-refractivity contribution in [1.82, 2.24) is 13.9 Å². The Morgan fingerprint density at radius 1 is 1.10 bits per heavy atom. The number of carbonyl (C=O) groups is 3. The van der Waals surface area contributed by atoms with Gasteiger partial charge in [0.25, 0.3) is 10.0 Å². The van der Waals surface area contributed by atoms with Crippen molar-refractivity contribution in [2.45, 2.75) is 62.9 Å². The van der Waals surface area contributed by atoms with Gasteiger partial charge in [0, 0.05) is 65.4 Å². The number of hydrogen-bond acceptors (Lipinski definition) is 8. The van der Waals surface area contributed by atoms with Crippen LogP contribution in [0, 0.1) is 12.8 Å². The van der Waals surface area contributed by atoms with E-state index in [2.05, 4.69) is 5.32 Å². The van der Waals surface area contributed by atoms with Gasteiger partial charge in [-0.05, 0) is 65.2 Å². The first-order valence-electron chi connectivity index (χ1n) is 16.6. The maximum Gasteiger partial charge on any atom is 0.410 e. The molecule has 1 saturated heterocycles. The van der Waals surface area contributed by atoms with Gasteiger partial charge in [0.05, 0.1) is 21.1 Å². The minimum absolute atomic E-state index is 0.0761. The summed E-state index contributed by atoms with van der Waals surface area (Å²) < 4.78 is 35.6. The van der Waals surface area contributed by atoms with Crippen LogP contribution >= 0.6 is 11.6 Å². The molecule has 0 radical (unpaired) electrons. The molecular weight excluding hydrogens is 680 g/mol. The van der Waals surface area contributed by atoms with Crippen molar-refractivity contribution in [2.24, 2.45) is 11.7 Å². The zero-order chi connectivity index (χ0) is 35.7. The van der Waals surface area contributed by atoms with Crippen LogP contribution in [0.5, 0.6) is 0 Å². The molecule has 3 aliphatic rings. The molecular formula is C36H39ClN6O6S. The lowest BCUT2D eigenvalue weighted by molar-refractivity contribution is -0.122. The molecule has 1 saturated carbocycles. The van der Waals surface area contributed by atoms with Gasteiger partial charge in [0.1, 0.15) is 18.0 Å². The van der Waals surface area contributed by atoms with Gasteiger partial charge in [-0.2, -0.15) is 0 Å². The fourth-order valence-corrected chi connectivity index (χ4v) is 9.30. The fraction of sp³-hybridized carbons (Fsp3) is 0.389. The van der Waals surface area contributed by atoms with Crippen LogP contribution in [0.3, 0.4) is 0 Å². The average Bonchev–Trinajstić information content (AvgIpc) is 3.77. The zero-order valence-corrected chi connectivity index (χ0v) is 29.9. The number of para-hydroxylation sites is 1. The number of benzene rings is 2. The minimum Gasteiger partial charge on any atom is -0.444 e. The molecule has 4 aromatic rings. The molecule has 7 rings (SSSR count). The second-order valence-electron chi connectivity index (χ2n) is 14.5. The number of ether oxygens (including phenoxy) is 1. The van der Waals surface area contributed by atoms with Crippen molar-refractivity contribution >= 4 is 61.9 Å². The molecule has 50 heavy (non-hydrogen) atoms. The Hall–Kier alpha value is -4.62. The molecule has 2 aliphatic heterocycles. The van der Waals surface area contributed by atoms with E-state index < -0.39 is 27.1 Å². The molecule has 12 nitrogen and oxygen atoms in total. The van der Waals surface area contributed by atoms with E-state index >= 15 is 0 Å². The largest absolute Gasteiger partial charge is 0.444 e. The van der Waals surface area contributed by atoms with Gasteiger partial charge in [-0.3, -0.25) is 14.5 Å². The van der Waals surface area contributed by atoms with E-state index in [0.29, 0.717) is 64.4 Å². The summed E-state index contributed by atoms with van der Waals surface area (Å²) in [5, 5.41) is 4.32. The van der Waals surface area contributed by atoms with Crippen molar-refractivity contribution in [3.05, 3.63) is 71.0 Å². The molecule has 0 bridgehead atoms. The molecule has 14 heteroatoms. The van der Waals surface area contributed by atoms with Gasteiger partial charge in [-0.25, -0.2) is 22.2 Å². The Bertz CT molecular complexity index is 2180. The predicted octanol–water partition coefficient (Wildman–Crippen LogP) is 5.43. The number of fused-ring (bicyclic) bond motifs is 3. The van der Waals surface area contributed by atoms with E-state index in [1.807, 2.05) is 6.92 Å². The summed E-state index contributed by atoms with van der Waals surface area (Å²) in [6.07, 6.45) is 4.46. The molecule has 2 atom stereocenters. The highest BCUT2D eigenvalue weighted by Gasteiger charge is 2.49. The van der Waals surface area contributed by atoms with Crippen LogP contribution in [-0.2, 0) is 29.8 Å². The second kappa shape index (κ2) is 12.0. The van der Waals surface area contributed by atoms with Crippen LogP contribution in [0.25, 0.3) is 22.0 Å². The molecule has 2 aromatic heterocycles. The van der Waals surface area contributed by atoms with Crippen LogP contribution in [0.1, 0.15) is 51.2 Å². The molecule has 1 aliphatic carbocycles. The number of carbonyl (C=O) groups excluding carboxylic acids is 3. The van der Waals surface area contributed by atoms with Crippen LogP contribution in [0.15, 0.2) is 59.8 Å². The third kappa shape index (κ3) is 5.65. The quantitative estimate of drug-likeness (QED) is 0.277. The highest BCUT2D eigenvalue weighted by atomic mass is 35.5. The summed E-state index contributed by atoms with van der Waals surface area (Å²) in [4.78, 5) is 46.3.